The highest BCUT2D eigenvalue weighted by atomic mass is 19.4. The number of rotatable bonds is 6. The zero-order valence-electron chi connectivity index (χ0n) is 15.5. The summed E-state index contributed by atoms with van der Waals surface area (Å²) >= 11 is 0. The van der Waals surface area contributed by atoms with Gasteiger partial charge in [-0.3, -0.25) is 9.48 Å². The van der Waals surface area contributed by atoms with E-state index >= 15 is 0 Å². The van der Waals surface area contributed by atoms with Gasteiger partial charge in [0.25, 0.3) is 5.91 Å². The molecule has 2 heterocycles. The second-order valence-corrected chi connectivity index (χ2v) is 6.64. The van der Waals surface area contributed by atoms with E-state index in [1.807, 2.05) is 24.6 Å². The van der Waals surface area contributed by atoms with E-state index in [2.05, 4.69) is 5.10 Å². The van der Waals surface area contributed by atoms with Gasteiger partial charge in [-0.15, -0.1) is 0 Å². The monoisotopic (exact) mass is 391 g/mol. The Balaban J connectivity index is 1.75. The maximum atomic E-state index is 12.9. The fourth-order valence-electron chi connectivity index (χ4n) is 2.95. The number of aryl methyl sites for hydroxylation is 2. The van der Waals surface area contributed by atoms with E-state index in [4.69, 9.17) is 4.42 Å². The highest BCUT2D eigenvalue weighted by Gasteiger charge is 2.33. The Morgan fingerprint density at radius 1 is 1.18 bits per heavy atom. The minimum absolute atomic E-state index is 0.188. The lowest BCUT2D eigenvalue weighted by Crippen LogP contribution is -2.38. The number of benzene rings is 1. The molecular formula is C20H20F3N3O2. The molecular weight excluding hydrogens is 371 g/mol. The summed E-state index contributed by atoms with van der Waals surface area (Å²) in [6.45, 7) is 2.77. The minimum Gasteiger partial charge on any atom is -0.467 e. The second-order valence-electron chi connectivity index (χ2n) is 6.64. The molecule has 0 unspecified atom stereocenters. The molecule has 0 spiro atoms. The van der Waals surface area contributed by atoms with Gasteiger partial charge in [-0.2, -0.15) is 18.3 Å². The number of carbonyl (C=O) groups is 1. The average Bonchev–Trinajstić information content (AvgIpc) is 3.23. The summed E-state index contributed by atoms with van der Waals surface area (Å²) in [6, 6.07) is 11.6. The number of amides is 1. The molecule has 2 aromatic heterocycles. The van der Waals surface area contributed by atoms with Crippen LogP contribution >= 0.6 is 0 Å². The first-order valence-corrected chi connectivity index (χ1v) is 8.70. The zero-order valence-corrected chi connectivity index (χ0v) is 15.5. The lowest BCUT2D eigenvalue weighted by Gasteiger charge is -2.23. The fraction of sp³-hybridized carbons (Fsp3) is 0.300. The molecule has 0 fully saturated rings. The third-order valence-electron chi connectivity index (χ3n) is 4.22. The van der Waals surface area contributed by atoms with Crippen molar-refractivity contribution in [2.45, 2.75) is 33.1 Å². The molecule has 0 bridgehead atoms. The van der Waals surface area contributed by atoms with Crippen molar-refractivity contribution in [1.29, 1.82) is 0 Å². The van der Waals surface area contributed by atoms with Crippen molar-refractivity contribution >= 4 is 5.91 Å². The zero-order chi connectivity index (χ0) is 20.3. The first-order chi connectivity index (χ1) is 13.2. The van der Waals surface area contributed by atoms with Gasteiger partial charge < -0.3 is 9.32 Å². The van der Waals surface area contributed by atoms with Crippen LogP contribution in [0.1, 0.15) is 33.1 Å². The van der Waals surface area contributed by atoms with Crippen LogP contribution in [0.2, 0.25) is 0 Å². The Morgan fingerprint density at radius 2 is 1.89 bits per heavy atom. The van der Waals surface area contributed by atoms with E-state index in [1.54, 1.807) is 18.2 Å². The molecule has 0 saturated carbocycles. The maximum Gasteiger partial charge on any atom is 0.406 e. The Morgan fingerprint density at radius 3 is 2.43 bits per heavy atom. The Labute approximate surface area is 160 Å². The summed E-state index contributed by atoms with van der Waals surface area (Å²) in [5, 5.41) is 4.38. The molecule has 28 heavy (non-hydrogen) atoms. The number of aromatic nitrogens is 2. The van der Waals surface area contributed by atoms with Crippen molar-refractivity contribution in [1.82, 2.24) is 14.7 Å². The van der Waals surface area contributed by atoms with Crippen LogP contribution in [-0.2, 0) is 13.1 Å². The van der Waals surface area contributed by atoms with E-state index in [0.29, 0.717) is 12.3 Å². The molecule has 1 aromatic carbocycles. The molecule has 0 aliphatic rings. The molecule has 0 radical (unpaired) electrons. The van der Waals surface area contributed by atoms with Crippen LogP contribution in [-0.4, -0.2) is 33.3 Å². The lowest BCUT2D eigenvalue weighted by atomic mass is 10.1. The number of nitrogens with zero attached hydrogens (tertiary/aromatic N) is 3. The summed E-state index contributed by atoms with van der Waals surface area (Å²) in [5.74, 6) is -0.412. The molecule has 0 N–H and O–H groups in total. The third-order valence-corrected chi connectivity index (χ3v) is 4.22. The van der Waals surface area contributed by atoms with Crippen LogP contribution in [0.25, 0.3) is 0 Å². The SMILES string of the molecule is Cc1cc(C)n(Cc2ccc(C(=O)N(Cc3ccco3)CC(F)(F)F)cc2)n1. The van der Waals surface area contributed by atoms with Crippen LogP contribution < -0.4 is 0 Å². The third kappa shape index (κ3) is 5.03. The Kier molecular flexibility index (Phi) is 5.58. The van der Waals surface area contributed by atoms with Gasteiger partial charge >= 0.3 is 6.18 Å². The number of carbonyl (C=O) groups excluding carboxylic acids is 1. The average molecular weight is 391 g/mol. The van der Waals surface area contributed by atoms with Crippen LogP contribution in [0.4, 0.5) is 13.2 Å². The predicted molar refractivity (Wildman–Crippen MR) is 96.7 cm³/mol. The van der Waals surface area contributed by atoms with E-state index in [0.717, 1.165) is 21.9 Å². The molecule has 0 aliphatic carbocycles. The van der Waals surface area contributed by atoms with Crippen LogP contribution in [0.3, 0.4) is 0 Å². The number of alkyl halides is 3. The van der Waals surface area contributed by atoms with Crippen LogP contribution in [0.15, 0.2) is 53.1 Å². The Bertz CT molecular complexity index is 929. The molecule has 3 rings (SSSR count). The van der Waals surface area contributed by atoms with Crippen molar-refractivity contribution in [3.05, 3.63) is 77.0 Å². The maximum absolute atomic E-state index is 12.9. The molecule has 0 atom stereocenters. The molecule has 8 heteroatoms. The van der Waals surface area contributed by atoms with E-state index in [-0.39, 0.29) is 12.1 Å². The molecule has 148 valence electrons. The van der Waals surface area contributed by atoms with Crippen LogP contribution in [0, 0.1) is 13.8 Å². The summed E-state index contributed by atoms with van der Waals surface area (Å²) < 4.78 is 45.7. The van der Waals surface area contributed by atoms with Gasteiger partial charge in [0.2, 0.25) is 0 Å². The number of hydrogen-bond acceptors (Lipinski definition) is 3. The number of hydrogen-bond donors (Lipinski definition) is 0. The second kappa shape index (κ2) is 7.92. The summed E-state index contributed by atoms with van der Waals surface area (Å²) in [7, 11) is 0. The minimum atomic E-state index is -4.50. The van der Waals surface area contributed by atoms with Gasteiger partial charge in [0, 0.05) is 11.3 Å². The van der Waals surface area contributed by atoms with Gasteiger partial charge in [0.15, 0.2) is 0 Å². The van der Waals surface area contributed by atoms with E-state index < -0.39 is 18.6 Å². The van der Waals surface area contributed by atoms with Gasteiger partial charge in [-0.1, -0.05) is 12.1 Å². The highest BCUT2D eigenvalue weighted by Crippen LogP contribution is 2.21. The normalized spacial score (nSPS) is 11.6. The molecule has 0 saturated heterocycles. The van der Waals surface area contributed by atoms with Gasteiger partial charge in [0.05, 0.1) is 25.0 Å². The van der Waals surface area contributed by atoms with Crippen molar-refractivity contribution in [2.75, 3.05) is 6.54 Å². The molecule has 1 amide bonds. The highest BCUT2D eigenvalue weighted by molar-refractivity contribution is 5.94. The number of halogens is 3. The van der Waals surface area contributed by atoms with Gasteiger partial charge in [0.1, 0.15) is 12.3 Å². The van der Waals surface area contributed by atoms with Crippen molar-refractivity contribution in [3.8, 4) is 0 Å². The Hall–Kier alpha value is -3.03. The first kappa shape index (κ1) is 19.7. The van der Waals surface area contributed by atoms with Crippen molar-refractivity contribution in [2.24, 2.45) is 0 Å². The van der Waals surface area contributed by atoms with Crippen molar-refractivity contribution < 1.29 is 22.4 Å². The fourth-order valence-corrected chi connectivity index (χ4v) is 2.95. The topological polar surface area (TPSA) is 51.3 Å². The summed E-state index contributed by atoms with van der Waals surface area (Å²) in [4.78, 5) is 13.4. The smallest absolute Gasteiger partial charge is 0.406 e. The lowest BCUT2D eigenvalue weighted by molar-refractivity contribution is -0.142. The standard InChI is InChI=1S/C20H20F3N3O2/c1-14-10-15(2)26(24-14)11-16-5-7-17(8-6-16)19(27)25(13-20(21,22)23)12-18-4-3-9-28-18/h3-10H,11-13H2,1-2H3. The van der Waals surface area contributed by atoms with E-state index in [9.17, 15) is 18.0 Å². The van der Waals surface area contributed by atoms with Gasteiger partial charge in [-0.05, 0) is 49.7 Å². The molecule has 5 nitrogen and oxygen atoms in total. The largest absolute Gasteiger partial charge is 0.467 e. The van der Waals surface area contributed by atoms with Crippen LogP contribution in [0.5, 0.6) is 0 Å². The molecule has 0 aliphatic heterocycles. The predicted octanol–water partition coefficient (Wildman–Crippen LogP) is 4.35. The first-order valence-electron chi connectivity index (χ1n) is 8.70. The van der Waals surface area contributed by atoms with Gasteiger partial charge in [-0.25, -0.2) is 0 Å². The van der Waals surface area contributed by atoms with E-state index in [1.165, 1.54) is 24.5 Å². The van der Waals surface area contributed by atoms with Crippen molar-refractivity contribution in [3.63, 3.8) is 0 Å². The molecule has 3 aromatic rings. The quantitative estimate of drug-likeness (QED) is 0.628. The summed E-state index contributed by atoms with van der Waals surface area (Å²) in [6.07, 6.45) is -3.14. The number of furan rings is 1. The summed E-state index contributed by atoms with van der Waals surface area (Å²) in [5.41, 5.74) is 3.00.